The third-order valence-electron chi connectivity index (χ3n) is 1.52. The Kier molecular flexibility index (Phi) is 3.71. The highest BCUT2D eigenvalue weighted by molar-refractivity contribution is 8.00. The van der Waals surface area contributed by atoms with E-state index in [-0.39, 0.29) is 0 Å². The van der Waals surface area contributed by atoms with Crippen LogP contribution in [0.5, 0.6) is 0 Å². The minimum atomic E-state index is 0.299. The van der Waals surface area contributed by atoms with E-state index >= 15 is 0 Å². The zero-order valence-corrected chi connectivity index (χ0v) is 10.6. The Balaban J connectivity index is 2.24. The van der Waals surface area contributed by atoms with Gasteiger partial charge in [0.2, 0.25) is 5.16 Å². The quantitative estimate of drug-likeness (QED) is 0.788. The van der Waals surface area contributed by atoms with Gasteiger partial charge >= 0.3 is 0 Å². The smallest absolute Gasteiger partial charge is 0.207 e. The van der Waals surface area contributed by atoms with Crippen LogP contribution < -0.4 is 0 Å². The molecule has 2 aromatic rings. The lowest BCUT2D eigenvalue weighted by molar-refractivity contribution is 0.986. The van der Waals surface area contributed by atoms with Crippen molar-refractivity contribution in [1.82, 2.24) is 19.3 Å². The molecule has 5 nitrogen and oxygen atoms in total. The van der Waals surface area contributed by atoms with Crippen molar-refractivity contribution in [3.05, 3.63) is 18.1 Å². The first-order valence-corrected chi connectivity index (χ1v) is 6.91. The number of aromatic nitrogens is 4. The van der Waals surface area contributed by atoms with Gasteiger partial charge in [0, 0.05) is 12.4 Å². The fraction of sp³-hybridized carbons (Fsp3) is 0.125. The number of rotatable bonds is 3. The van der Waals surface area contributed by atoms with Crippen molar-refractivity contribution in [2.24, 2.45) is 0 Å². The molecule has 0 unspecified atom stereocenters. The number of nitriles is 1. The highest BCUT2D eigenvalue weighted by atomic mass is 32.2. The summed E-state index contributed by atoms with van der Waals surface area (Å²) in [5.74, 6) is 0. The Morgan fingerprint density at radius 1 is 1.38 bits per heavy atom. The molecule has 0 aromatic carbocycles. The van der Waals surface area contributed by atoms with E-state index in [0.717, 1.165) is 4.34 Å². The first kappa shape index (κ1) is 11.3. The van der Waals surface area contributed by atoms with Gasteiger partial charge in [-0.15, -0.1) is 0 Å². The Bertz CT molecular complexity index is 532. The first-order chi connectivity index (χ1) is 7.83. The molecule has 0 radical (unpaired) electrons. The van der Waals surface area contributed by atoms with E-state index < -0.39 is 0 Å². The van der Waals surface area contributed by atoms with Crippen LogP contribution in [0.3, 0.4) is 0 Å². The maximum Gasteiger partial charge on any atom is 0.207 e. The summed E-state index contributed by atoms with van der Waals surface area (Å²) in [4.78, 5) is 12.2. The van der Waals surface area contributed by atoms with Gasteiger partial charge in [0.1, 0.15) is 11.1 Å². The average Bonchev–Trinajstić information content (AvgIpc) is 2.77. The molecule has 8 heteroatoms. The van der Waals surface area contributed by atoms with Crippen molar-refractivity contribution >= 4 is 35.1 Å². The lowest BCUT2D eigenvalue weighted by Crippen LogP contribution is -1.90. The predicted octanol–water partition coefficient (Wildman–Crippen LogP) is 2.07. The molecule has 0 atom stereocenters. The maximum absolute atomic E-state index is 8.84. The van der Waals surface area contributed by atoms with Gasteiger partial charge < -0.3 is 0 Å². The zero-order chi connectivity index (χ0) is 11.4. The van der Waals surface area contributed by atoms with E-state index in [9.17, 15) is 0 Å². The molecule has 0 fully saturated rings. The monoisotopic (exact) mass is 267 g/mol. The summed E-state index contributed by atoms with van der Waals surface area (Å²) in [5, 5.41) is 9.98. The summed E-state index contributed by atoms with van der Waals surface area (Å²) < 4.78 is 5.05. The Labute approximate surface area is 105 Å². The fourth-order valence-corrected chi connectivity index (χ4v) is 2.79. The van der Waals surface area contributed by atoms with Crippen molar-refractivity contribution in [3.8, 4) is 6.07 Å². The minimum Gasteiger partial charge on any atom is -0.245 e. The standard InChI is InChI=1S/C8H5N5S3/c1-14-8-12-7(13-16-8)15-6-5(4-9)10-2-3-11-6/h2-3H,1H3. The lowest BCUT2D eigenvalue weighted by Gasteiger charge is -1.96. The SMILES string of the molecule is CSc1nc(Sc2nccnc2C#N)ns1. The molecule has 0 bridgehead atoms. The second-order valence-electron chi connectivity index (χ2n) is 2.47. The van der Waals surface area contributed by atoms with Crippen LogP contribution in [-0.2, 0) is 0 Å². The molecule has 0 saturated carbocycles. The Morgan fingerprint density at radius 2 is 2.19 bits per heavy atom. The summed E-state index contributed by atoms with van der Waals surface area (Å²) >= 11 is 4.13. The second-order valence-corrected chi connectivity index (χ2v) is 5.23. The van der Waals surface area contributed by atoms with Crippen LogP contribution in [0.2, 0.25) is 0 Å². The third kappa shape index (κ3) is 2.49. The minimum absolute atomic E-state index is 0.299. The Morgan fingerprint density at radius 3 is 2.88 bits per heavy atom. The zero-order valence-electron chi connectivity index (χ0n) is 8.12. The van der Waals surface area contributed by atoms with Gasteiger partial charge in [0.15, 0.2) is 10.0 Å². The maximum atomic E-state index is 8.84. The summed E-state index contributed by atoms with van der Waals surface area (Å²) in [6.07, 6.45) is 4.98. The summed E-state index contributed by atoms with van der Waals surface area (Å²) in [6.45, 7) is 0. The fourth-order valence-electron chi connectivity index (χ4n) is 0.884. The molecule has 0 amide bonds. The second kappa shape index (κ2) is 5.25. The molecule has 0 aliphatic heterocycles. The molecular weight excluding hydrogens is 262 g/mol. The molecule has 0 N–H and O–H groups in total. The highest BCUT2D eigenvalue weighted by Crippen LogP contribution is 2.28. The van der Waals surface area contributed by atoms with Gasteiger partial charge in [0.05, 0.1) is 0 Å². The molecule has 2 rings (SSSR count). The molecule has 0 saturated heterocycles. The van der Waals surface area contributed by atoms with Crippen LogP contribution in [0, 0.1) is 11.3 Å². The van der Waals surface area contributed by atoms with Gasteiger partial charge in [-0.25, -0.2) is 15.0 Å². The largest absolute Gasteiger partial charge is 0.245 e. The van der Waals surface area contributed by atoms with Crippen LogP contribution >= 0.6 is 35.1 Å². The van der Waals surface area contributed by atoms with Crippen LogP contribution in [0.1, 0.15) is 5.69 Å². The van der Waals surface area contributed by atoms with Gasteiger partial charge in [-0.1, -0.05) is 11.8 Å². The van der Waals surface area contributed by atoms with Crippen molar-refractivity contribution in [2.45, 2.75) is 14.5 Å². The molecule has 80 valence electrons. The van der Waals surface area contributed by atoms with Crippen molar-refractivity contribution < 1.29 is 0 Å². The lowest BCUT2D eigenvalue weighted by atomic mass is 10.5. The van der Waals surface area contributed by atoms with E-state index in [1.807, 2.05) is 12.3 Å². The van der Waals surface area contributed by atoms with Gasteiger partial charge in [-0.05, 0) is 29.6 Å². The van der Waals surface area contributed by atoms with E-state index in [2.05, 4.69) is 19.3 Å². The normalized spacial score (nSPS) is 10.0. The summed E-state index contributed by atoms with van der Waals surface area (Å²) in [6, 6.07) is 1.98. The van der Waals surface area contributed by atoms with Crippen molar-refractivity contribution in [3.63, 3.8) is 0 Å². The van der Waals surface area contributed by atoms with E-state index in [1.54, 1.807) is 18.0 Å². The van der Waals surface area contributed by atoms with Crippen molar-refractivity contribution in [2.75, 3.05) is 6.26 Å². The molecular formula is C8H5N5S3. The highest BCUT2D eigenvalue weighted by Gasteiger charge is 2.10. The third-order valence-corrected chi connectivity index (χ3v) is 4.17. The average molecular weight is 267 g/mol. The van der Waals surface area contributed by atoms with Crippen LogP contribution in [0.25, 0.3) is 0 Å². The van der Waals surface area contributed by atoms with Gasteiger partial charge in [0.25, 0.3) is 0 Å². The number of hydrogen-bond donors (Lipinski definition) is 0. The van der Waals surface area contributed by atoms with E-state index in [4.69, 9.17) is 5.26 Å². The van der Waals surface area contributed by atoms with E-state index in [1.165, 1.54) is 29.5 Å². The van der Waals surface area contributed by atoms with E-state index in [0.29, 0.717) is 15.9 Å². The number of hydrogen-bond acceptors (Lipinski definition) is 8. The molecule has 0 aliphatic carbocycles. The predicted molar refractivity (Wildman–Crippen MR) is 62.6 cm³/mol. The molecule has 0 aliphatic rings. The van der Waals surface area contributed by atoms with Crippen LogP contribution in [-0.4, -0.2) is 25.6 Å². The van der Waals surface area contributed by atoms with Crippen molar-refractivity contribution in [1.29, 1.82) is 5.26 Å². The molecule has 0 spiro atoms. The first-order valence-electron chi connectivity index (χ1n) is 4.10. The van der Waals surface area contributed by atoms with Crippen LogP contribution in [0.4, 0.5) is 0 Å². The number of thioether (sulfide) groups is 1. The molecule has 2 aromatic heterocycles. The summed E-state index contributed by atoms with van der Waals surface area (Å²) in [7, 11) is 0. The number of nitrogens with zero attached hydrogens (tertiary/aromatic N) is 5. The van der Waals surface area contributed by atoms with Crippen LogP contribution in [0.15, 0.2) is 26.9 Å². The molecule has 16 heavy (non-hydrogen) atoms. The Hall–Kier alpha value is -1.17. The van der Waals surface area contributed by atoms with Gasteiger partial charge in [-0.3, -0.25) is 0 Å². The topological polar surface area (TPSA) is 75.3 Å². The van der Waals surface area contributed by atoms with Gasteiger partial charge in [-0.2, -0.15) is 9.64 Å². The summed E-state index contributed by atoms with van der Waals surface area (Å²) in [5.41, 5.74) is 0.299. The molecule has 2 heterocycles.